The molecule has 8 heteroatoms. The molecule has 1 heterocycles. The lowest BCUT2D eigenvalue weighted by Crippen LogP contribution is -2.08. The smallest absolute Gasteiger partial charge is 0.342 e. The Morgan fingerprint density at radius 3 is 2.45 bits per heavy atom. The summed E-state index contributed by atoms with van der Waals surface area (Å²) >= 11 is 0. The van der Waals surface area contributed by atoms with Crippen LogP contribution < -0.4 is 14.2 Å². The van der Waals surface area contributed by atoms with E-state index in [2.05, 4.69) is 10.1 Å². The van der Waals surface area contributed by atoms with Crippen LogP contribution in [0.5, 0.6) is 17.2 Å². The van der Waals surface area contributed by atoms with E-state index in [1.165, 1.54) is 0 Å². The van der Waals surface area contributed by atoms with Gasteiger partial charge in [-0.3, -0.25) is 0 Å². The van der Waals surface area contributed by atoms with Crippen LogP contribution in [0.1, 0.15) is 21.8 Å². The number of carbonyl (C=O) groups is 1. The number of hydrogen-bond acceptors (Lipinski definition) is 8. The van der Waals surface area contributed by atoms with Crippen LogP contribution in [0.4, 0.5) is 0 Å². The van der Waals surface area contributed by atoms with Crippen LogP contribution in [0.2, 0.25) is 0 Å². The van der Waals surface area contributed by atoms with Gasteiger partial charge >= 0.3 is 5.97 Å². The van der Waals surface area contributed by atoms with E-state index in [1.807, 2.05) is 30.3 Å². The molecule has 0 atom stereocenters. The van der Waals surface area contributed by atoms with Gasteiger partial charge in [0.2, 0.25) is 5.82 Å². The second kappa shape index (κ2) is 10.3. The Morgan fingerprint density at radius 2 is 1.67 bits per heavy atom. The third kappa shape index (κ3) is 5.30. The van der Waals surface area contributed by atoms with Crippen molar-refractivity contribution in [2.24, 2.45) is 0 Å². The maximum Gasteiger partial charge on any atom is 0.342 e. The maximum absolute atomic E-state index is 12.7. The molecule has 0 unspecified atom stereocenters. The zero-order chi connectivity index (χ0) is 23.0. The number of rotatable bonds is 9. The van der Waals surface area contributed by atoms with Crippen LogP contribution in [0.15, 0.2) is 77.3 Å². The largest absolute Gasteiger partial charge is 0.497 e. The molecule has 3 aromatic carbocycles. The summed E-state index contributed by atoms with van der Waals surface area (Å²) in [5.41, 5.74) is 1.93. The van der Waals surface area contributed by atoms with Gasteiger partial charge in [0.15, 0.2) is 6.61 Å². The first-order chi connectivity index (χ1) is 16.2. The molecule has 0 aliphatic heterocycles. The number of carbonyl (C=O) groups excluding carboxylic acids is 1. The summed E-state index contributed by atoms with van der Waals surface area (Å²) in [5, 5.41) is 3.96. The van der Waals surface area contributed by atoms with Crippen LogP contribution in [0.3, 0.4) is 0 Å². The predicted octanol–water partition coefficient (Wildman–Crippen LogP) is 4.69. The molecule has 0 saturated carbocycles. The second-order valence-corrected chi connectivity index (χ2v) is 6.92. The number of esters is 1. The van der Waals surface area contributed by atoms with E-state index in [0.29, 0.717) is 40.8 Å². The van der Waals surface area contributed by atoms with Crippen molar-refractivity contribution < 1.29 is 28.3 Å². The highest BCUT2D eigenvalue weighted by molar-refractivity contribution is 5.92. The van der Waals surface area contributed by atoms with Crippen LogP contribution in [0, 0.1) is 0 Å². The zero-order valence-electron chi connectivity index (χ0n) is 18.2. The Hall–Kier alpha value is -4.33. The molecular formula is C25H22N2O6. The van der Waals surface area contributed by atoms with E-state index in [4.69, 9.17) is 23.5 Å². The van der Waals surface area contributed by atoms with E-state index in [1.54, 1.807) is 56.7 Å². The standard InChI is InChI=1S/C25H22N2O6/c1-29-18-12-13-19(22(14-18)30-2)24-26-23(33-27-24)16-32-25(28)20-10-6-7-11-21(20)31-15-17-8-4-3-5-9-17/h3-14H,15-16H2,1-2H3. The Balaban J connectivity index is 1.42. The van der Waals surface area contributed by atoms with Crippen LogP contribution in [-0.4, -0.2) is 30.3 Å². The van der Waals surface area contributed by atoms with Gasteiger partial charge in [0.05, 0.1) is 19.8 Å². The van der Waals surface area contributed by atoms with Crippen molar-refractivity contribution in [2.75, 3.05) is 14.2 Å². The summed E-state index contributed by atoms with van der Waals surface area (Å²) in [5.74, 6) is 1.51. The molecule has 33 heavy (non-hydrogen) atoms. The molecule has 0 N–H and O–H groups in total. The van der Waals surface area contributed by atoms with E-state index in [-0.39, 0.29) is 12.5 Å². The summed E-state index contributed by atoms with van der Waals surface area (Å²) in [4.78, 5) is 17.0. The highest BCUT2D eigenvalue weighted by Crippen LogP contribution is 2.31. The topological polar surface area (TPSA) is 92.9 Å². The minimum absolute atomic E-state index is 0.152. The molecule has 0 aliphatic carbocycles. The Labute approximate surface area is 190 Å². The van der Waals surface area contributed by atoms with Crippen LogP contribution in [0.25, 0.3) is 11.4 Å². The van der Waals surface area contributed by atoms with Crippen molar-refractivity contribution in [1.82, 2.24) is 10.1 Å². The van der Waals surface area contributed by atoms with E-state index >= 15 is 0 Å². The number of hydrogen-bond donors (Lipinski definition) is 0. The number of para-hydroxylation sites is 1. The van der Waals surface area contributed by atoms with Crippen LogP contribution in [-0.2, 0) is 18.0 Å². The molecule has 0 amide bonds. The number of ether oxygens (including phenoxy) is 4. The molecule has 4 rings (SSSR count). The van der Waals surface area contributed by atoms with Crippen molar-refractivity contribution in [3.63, 3.8) is 0 Å². The lowest BCUT2D eigenvalue weighted by Gasteiger charge is -2.10. The fourth-order valence-corrected chi connectivity index (χ4v) is 3.11. The Kier molecular flexibility index (Phi) is 6.84. The average molecular weight is 446 g/mol. The van der Waals surface area contributed by atoms with Gasteiger partial charge in [0.1, 0.15) is 29.4 Å². The summed E-state index contributed by atoms with van der Waals surface area (Å²) in [6, 6.07) is 21.8. The molecule has 0 radical (unpaired) electrons. The number of methoxy groups -OCH3 is 2. The SMILES string of the molecule is COc1ccc(-c2noc(COC(=O)c3ccccc3OCc3ccccc3)n2)c(OC)c1. The summed E-state index contributed by atoms with van der Waals surface area (Å²) in [7, 11) is 3.11. The van der Waals surface area contributed by atoms with Crippen LogP contribution >= 0.6 is 0 Å². The Morgan fingerprint density at radius 1 is 0.879 bits per heavy atom. The van der Waals surface area contributed by atoms with Gasteiger partial charge in [0, 0.05) is 6.07 Å². The monoisotopic (exact) mass is 446 g/mol. The Bertz CT molecular complexity index is 1220. The average Bonchev–Trinajstić information content (AvgIpc) is 3.35. The quantitative estimate of drug-likeness (QED) is 0.342. The van der Waals surface area contributed by atoms with Gasteiger partial charge in [-0.15, -0.1) is 0 Å². The van der Waals surface area contributed by atoms with Gasteiger partial charge in [-0.05, 0) is 29.8 Å². The lowest BCUT2D eigenvalue weighted by atomic mass is 10.2. The zero-order valence-corrected chi connectivity index (χ0v) is 18.2. The summed E-state index contributed by atoms with van der Waals surface area (Å²) in [6.45, 7) is 0.152. The molecule has 0 spiro atoms. The summed E-state index contributed by atoms with van der Waals surface area (Å²) in [6.07, 6.45) is 0. The molecule has 0 aliphatic rings. The highest BCUT2D eigenvalue weighted by Gasteiger charge is 2.18. The third-order valence-electron chi connectivity index (χ3n) is 4.79. The molecule has 8 nitrogen and oxygen atoms in total. The molecule has 0 fully saturated rings. The van der Waals surface area contributed by atoms with Gasteiger partial charge in [-0.1, -0.05) is 47.6 Å². The number of aromatic nitrogens is 2. The molecule has 168 valence electrons. The molecular weight excluding hydrogens is 424 g/mol. The first-order valence-corrected chi connectivity index (χ1v) is 10.2. The normalized spacial score (nSPS) is 10.5. The van der Waals surface area contributed by atoms with Crippen molar-refractivity contribution in [3.8, 4) is 28.6 Å². The molecule has 0 saturated heterocycles. The van der Waals surface area contributed by atoms with Gasteiger partial charge < -0.3 is 23.5 Å². The van der Waals surface area contributed by atoms with Gasteiger partial charge in [-0.2, -0.15) is 4.98 Å². The van der Waals surface area contributed by atoms with E-state index < -0.39 is 5.97 Å². The number of nitrogens with zero attached hydrogens (tertiary/aromatic N) is 2. The fourth-order valence-electron chi connectivity index (χ4n) is 3.11. The molecule has 0 bridgehead atoms. The van der Waals surface area contributed by atoms with E-state index in [0.717, 1.165) is 5.56 Å². The third-order valence-corrected chi connectivity index (χ3v) is 4.79. The predicted molar refractivity (Wildman–Crippen MR) is 119 cm³/mol. The minimum Gasteiger partial charge on any atom is -0.497 e. The van der Waals surface area contributed by atoms with Crippen molar-refractivity contribution in [3.05, 3.63) is 89.8 Å². The highest BCUT2D eigenvalue weighted by atomic mass is 16.6. The van der Waals surface area contributed by atoms with E-state index in [9.17, 15) is 4.79 Å². The second-order valence-electron chi connectivity index (χ2n) is 6.92. The van der Waals surface area contributed by atoms with Crippen molar-refractivity contribution in [1.29, 1.82) is 0 Å². The lowest BCUT2D eigenvalue weighted by molar-refractivity contribution is 0.0425. The minimum atomic E-state index is -0.555. The maximum atomic E-state index is 12.7. The van der Waals surface area contributed by atoms with Gasteiger partial charge in [-0.25, -0.2) is 4.79 Å². The molecule has 1 aromatic heterocycles. The molecule has 4 aromatic rings. The first-order valence-electron chi connectivity index (χ1n) is 10.2. The first kappa shape index (κ1) is 21.9. The summed E-state index contributed by atoms with van der Waals surface area (Å²) < 4.78 is 27.0. The van der Waals surface area contributed by atoms with Crippen molar-refractivity contribution in [2.45, 2.75) is 13.2 Å². The number of benzene rings is 3. The van der Waals surface area contributed by atoms with Crippen molar-refractivity contribution >= 4 is 5.97 Å². The fraction of sp³-hybridized carbons (Fsp3) is 0.160. The van der Waals surface area contributed by atoms with Gasteiger partial charge in [0.25, 0.3) is 5.89 Å².